The van der Waals surface area contributed by atoms with Crippen molar-refractivity contribution < 1.29 is 0 Å². The van der Waals surface area contributed by atoms with Crippen LogP contribution in [-0.2, 0) is 6.42 Å². The first-order valence-corrected chi connectivity index (χ1v) is 5.84. The SMILES string of the molecule is CCc1nc(Cl)cc(NCC(C)N(C)C)n1. The van der Waals surface area contributed by atoms with E-state index in [0.29, 0.717) is 11.2 Å². The van der Waals surface area contributed by atoms with Gasteiger partial charge in [0, 0.05) is 25.1 Å². The molecule has 0 aliphatic rings. The molecule has 0 amide bonds. The largest absolute Gasteiger partial charge is 0.368 e. The molecule has 0 radical (unpaired) electrons. The number of rotatable bonds is 5. The third-order valence-corrected chi connectivity index (χ3v) is 2.71. The number of nitrogens with zero attached hydrogens (tertiary/aromatic N) is 3. The van der Waals surface area contributed by atoms with Crippen LogP contribution in [0.1, 0.15) is 19.7 Å². The van der Waals surface area contributed by atoms with Crippen molar-refractivity contribution in [2.45, 2.75) is 26.3 Å². The van der Waals surface area contributed by atoms with E-state index < -0.39 is 0 Å². The van der Waals surface area contributed by atoms with Crippen molar-refractivity contribution in [1.82, 2.24) is 14.9 Å². The van der Waals surface area contributed by atoms with Gasteiger partial charge in [0.2, 0.25) is 0 Å². The zero-order valence-corrected chi connectivity index (χ0v) is 11.0. The Bertz CT molecular complexity index is 341. The zero-order chi connectivity index (χ0) is 12.1. The number of nitrogens with one attached hydrogen (secondary N) is 1. The number of hydrogen-bond donors (Lipinski definition) is 1. The average molecular weight is 243 g/mol. The van der Waals surface area contributed by atoms with Crippen LogP contribution in [0.15, 0.2) is 6.07 Å². The molecule has 1 heterocycles. The molecule has 1 atom stereocenters. The Kier molecular flexibility index (Phi) is 4.96. The van der Waals surface area contributed by atoms with Gasteiger partial charge in [-0.2, -0.15) is 0 Å². The van der Waals surface area contributed by atoms with Crippen molar-refractivity contribution in [3.63, 3.8) is 0 Å². The molecule has 1 aromatic rings. The molecule has 0 saturated heterocycles. The van der Waals surface area contributed by atoms with E-state index in [1.165, 1.54) is 0 Å². The lowest BCUT2D eigenvalue weighted by Gasteiger charge is -2.20. The third-order valence-electron chi connectivity index (χ3n) is 2.52. The van der Waals surface area contributed by atoms with Crippen LogP contribution in [-0.4, -0.2) is 41.5 Å². The quantitative estimate of drug-likeness (QED) is 0.803. The van der Waals surface area contributed by atoms with Gasteiger partial charge >= 0.3 is 0 Å². The molecule has 0 bridgehead atoms. The smallest absolute Gasteiger partial charge is 0.134 e. The van der Waals surface area contributed by atoms with Crippen LogP contribution in [0.2, 0.25) is 5.15 Å². The fourth-order valence-corrected chi connectivity index (χ4v) is 1.35. The van der Waals surface area contributed by atoms with Crippen LogP contribution < -0.4 is 5.32 Å². The molecule has 0 aliphatic carbocycles. The van der Waals surface area contributed by atoms with Gasteiger partial charge in [-0.05, 0) is 21.0 Å². The molecule has 5 heteroatoms. The van der Waals surface area contributed by atoms with Gasteiger partial charge in [-0.1, -0.05) is 18.5 Å². The summed E-state index contributed by atoms with van der Waals surface area (Å²) in [5.74, 6) is 1.57. The predicted octanol–water partition coefficient (Wildman–Crippen LogP) is 2.05. The Morgan fingerprint density at radius 2 is 2.12 bits per heavy atom. The van der Waals surface area contributed by atoms with E-state index in [1.807, 2.05) is 6.92 Å². The number of halogens is 1. The second-order valence-corrected chi connectivity index (χ2v) is 4.43. The number of aromatic nitrogens is 2. The van der Waals surface area contributed by atoms with Crippen LogP contribution >= 0.6 is 11.6 Å². The van der Waals surface area contributed by atoms with Crippen molar-refractivity contribution in [3.05, 3.63) is 17.0 Å². The van der Waals surface area contributed by atoms with Gasteiger partial charge in [0.15, 0.2) is 0 Å². The van der Waals surface area contributed by atoms with E-state index in [1.54, 1.807) is 6.07 Å². The minimum absolute atomic E-state index is 0.443. The van der Waals surface area contributed by atoms with Gasteiger partial charge in [-0.15, -0.1) is 0 Å². The van der Waals surface area contributed by atoms with Gasteiger partial charge in [-0.3, -0.25) is 0 Å². The van der Waals surface area contributed by atoms with Gasteiger partial charge < -0.3 is 10.2 Å². The highest BCUT2D eigenvalue weighted by atomic mass is 35.5. The van der Waals surface area contributed by atoms with E-state index >= 15 is 0 Å². The van der Waals surface area contributed by atoms with E-state index in [9.17, 15) is 0 Å². The van der Waals surface area contributed by atoms with Crippen LogP contribution in [0.3, 0.4) is 0 Å². The molecule has 0 aliphatic heterocycles. The highest BCUT2D eigenvalue weighted by Crippen LogP contribution is 2.12. The number of aryl methyl sites for hydroxylation is 1. The maximum Gasteiger partial charge on any atom is 0.134 e. The molecule has 16 heavy (non-hydrogen) atoms. The lowest BCUT2D eigenvalue weighted by molar-refractivity contribution is 0.326. The Balaban J connectivity index is 2.63. The Morgan fingerprint density at radius 3 is 2.69 bits per heavy atom. The molecule has 0 saturated carbocycles. The second kappa shape index (κ2) is 6.01. The summed E-state index contributed by atoms with van der Waals surface area (Å²) in [5.41, 5.74) is 0. The molecule has 0 spiro atoms. The summed E-state index contributed by atoms with van der Waals surface area (Å²) in [7, 11) is 4.10. The summed E-state index contributed by atoms with van der Waals surface area (Å²) < 4.78 is 0. The normalized spacial score (nSPS) is 12.9. The molecular formula is C11H19ClN4. The maximum atomic E-state index is 5.91. The van der Waals surface area contributed by atoms with Gasteiger partial charge in [0.05, 0.1) is 0 Å². The Labute approximate surface area is 102 Å². The summed E-state index contributed by atoms with van der Waals surface area (Å²) in [5, 5.41) is 3.76. The summed E-state index contributed by atoms with van der Waals surface area (Å²) in [6.45, 7) is 5.00. The topological polar surface area (TPSA) is 41.1 Å². The average Bonchev–Trinajstić information content (AvgIpc) is 2.24. The van der Waals surface area contributed by atoms with E-state index in [4.69, 9.17) is 11.6 Å². The second-order valence-electron chi connectivity index (χ2n) is 4.04. The van der Waals surface area contributed by atoms with Crippen LogP contribution in [0.4, 0.5) is 5.82 Å². The lowest BCUT2D eigenvalue weighted by Crippen LogP contribution is -2.31. The molecule has 1 N–H and O–H groups in total. The summed E-state index contributed by atoms with van der Waals surface area (Å²) >= 11 is 5.91. The van der Waals surface area contributed by atoms with Gasteiger partial charge in [0.25, 0.3) is 0 Å². The van der Waals surface area contributed by atoms with Crippen molar-refractivity contribution in [2.24, 2.45) is 0 Å². The molecule has 4 nitrogen and oxygen atoms in total. The molecule has 1 unspecified atom stereocenters. The van der Waals surface area contributed by atoms with E-state index in [2.05, 4.69) is 41.2 Å². The van der Waals surface area contributed by atoms with E-state index in [-0.39, 0.29) is 0 Å². The first kappa shape index (κ1) is 13.2. The van der Waals surface area contributed by atoms with E-state index in [0.717, 1.165) is 24.6 Å². The highest BCUT2D eigenvalue weighted by Gasteiger charge is 2.06. The van der Waals surface area contributed by atoms with Crippen LogP contribution in [0, 0.1) is 0 Å². The highest BCUT2D eigenvalue weighted by molar-refractivity contribution is 6.29. The van der Waals surface area contributed by atoms with Gasteiger partial charge in [-0.25, -0.2) is 9.97 Å². The maximum absolute atomic E-state index is 5.91. The Morgan fingerprint density at radius 1 is 1.44 bits per heavy atom. The van der Waals surface area contributed by atoms with Crippen LogP contribution in [0.25, 0.3) is 0 Å². The summed E-state index contributed by atoms with van der Waals surface area (Å²) in [6, 6.07) is 2.20. The molecule has 1 rings (SSSR count). The molecule has 0 fully saturated rings. The summed E-state index contributed by atoms with van der Waals surface area (Å²) in [4.78, 5) is 10.6. The lowest BCUT2D eigenvalue weighted by atomic mass is 10.3. The van der Waals surface area contributed by atoms with Gasteiger partial charge in [0.1, 0.15) is 16.8 Å². The number of anilines is 1. The van der Waals surface area contributed by atoms with Crippen molar-refractivity contribution in [3.8, 4) is 0 Å². The fraction of sp³-hybridized carbons (Fsp3) is 0.636. The minimum atomic E-state index is 0.443. The minimum Gasteiger partial charge on any atom is -0.368 e. The first-order valence-electron chi connectivity index (χ1n) is 5.46. The molecule has 90 valence electrons. The molecule has 1 aromatic heterocycles. The standard InChI is InChI=1S/C11H19ClN4/c1-5-10-14-9(12)6-11(15-10)13-7-8(2)16(3)4/h6,8H,5,7H2,1-4H3,(H,13,14,15). The fourth-order valence-electron chi connectivity index (χ4n) is 1.15. The molecular weight excluding hydrogens is 224 g/mol. The van der Waals surface area contributed by atoms with Crippen molar-refractivity contribution in [1.29, 1.82) is 0 Å². The number of hydrogen-bond acceptors (Lipinski definition) is 4. The van der Waals surface area contributed by atoms with Crippen LogP contribution in [0.5, 0.6) is 0 Å². The first-order chi connectivity index (χ1) is 7.52. The predicted molar refractivity (Wildman–Crippen MR) is 68.1 cm³/mol. The molecule has 0 aromatic carbocycles. The third kappa shape index (κ3) is 3.94. The zero-order valence-electron chi connectivity index (χ0n) is 10.3. The monoisotopic (exact) mass is 242 g/mol. The van der Waals surface area contributed by atoms with Crippen molar-refractivity contribution in [2.75, 3.05) is 26.0 Å². The summed E-state index contributed by atoms with van der Waals surface area (Å²) in [6.07, 6.45) is 0.790. The number of likely N-dealkylation sites (N-methyl/N-ethyl adjacent to an activating group) is 1. The van der Waals surface area contributed by atoms with Crippen molar-refractivity contribution >= 4 is 17.4 Å². The Hall–Kier alpha value is -0.870.